The lowest BCUT2D eigenvalue weighted by atomic mass is 9.95. The fraction of sp³-hybridized carbons (Fsp3) is 0.250. The van der Waals surface area contributed by atoms with Crippen molar-refractivity contribution in [3.05, 3.63) is 63.4 Å². The Morgan fingerprint density at radius 2 is 2.00 bits per heavy atom. The third-order valence-corrected chi connectivity index (χ3v) is 3.81. The molecule has 2 nitrogen and oxygen atoms in total. The second-order valence-electron chi connectivity index (χ2n) is 4.77. The van der Waals surface area contributed by atoms with Crippen molar-refractivity contribution in [1.29, 1.82) is 0 Å². The molecule has 0 aliphatic rings. The van der Waals surface area contributed by atoms with Gasteiger partial charge in [-0.25, -0.2) is 4.39 Å². The fourth-order valence-corrected chi connectivity index (χ4v) is 2.72. The minimum absolute atomic E-state index is 0.196. The second kappa shape index (κ2) is 6.37. The molecule has 0 saturated heterocycles. The molecular weight excluding hydrogens is 321 g/mol. The van der Waals surface area contributed by atoms with Gasteiger partial charge in [0.05, 0.1) is 7.11 Å². The smallest absolute Gasteiger partial charge is 0.123 e. The van der Waals surface area contributed by atoms with E-state index in [2.05, 4.69) is 15.9 Å². The average molecular weight is 338 g/mol. The lowest BCUT2D eigenvalue weighted by Crippen LogP contribution is -2.15. The average Bonchev–Trinajstić information content (AvgIpc) is 2.38. The van der Waals surface area contributed by atoms with E-state index in [1.165, 1.54) is 12.1 Å². The van der Waals surface area contributed by atoms with E-state index in [-0.39, 0.29) is 11.9 Å². The van der Waals surface area contributed by atoms with Gasteiger partial charge in [0.15, 0.2) is 0 Å². The van der Waals surface area contributed by atoms with Gasteiger partial charge in [0.2, 0.25) is 0 Å². The molecule has 2 aromatic rings. The van der Waals surface area contributed by atoms with Gasteiger partial charge >= 0.3 is 0 Å². The van der Waals surface area contributed by atoms with Crippen molar-refractivity contribution in [1.82, 2.24) is 0 Å². The van der Waals surface area contributed by atoms with Crippen LogP contribution in [0.15, 0.2) is 40.9 Å². The molecule has 0 bridgehead atoms. The van der Waals surface area contributed by atoms with Crippen LogP contribution in [0.4, 0.5) is 4.39 Å². The summed E-state index contributed by atoms with van der Waals surface area (Å²) in [5.74, 6) is 0.571. The van der Waals surface area contributed by atoms with Gasteiger partial charge in [-0.1, -0.05) is 22.0 Å². The van der Waals surface area contributed by atoms with Gasteiger partial charge in [-0.15, -0.1) is 0 Å². The van der Waals surface area contributed by atoms with E-state index in [0.717, 1.165) is 26.9 Å². The van der Waals surface area contributed by atoms with Crippen molar-refractivity contribution in [3.63, 3.8) is 0 Å². The summed E-state index contributed by atoms with van der Waals surface area (Å²) in [5, 5.41) is 0. The third-order valence-electron chi connectivity index (χ3n) is 3.31. The van der Waals surface area contributed by atoms with Crippen LogP contribution in [0, 0.1) is 12.7 Å². The summed E-state index contributed by atoms with van der Waals surface area (Å²) in [6, 6.07) is 10.3. The van der Waals surface area contributed by atoms with Gasteiger partial charge in [-0.2, -0.15) is 0 Å². The van der Waals surface area contributed by atoms with E-state index in [9.17, 15) is 4.39 Å². The number of hydrogen-bond acceptors (Lipinski definition) is 2. The summed E-state index contributed by atoms with van der Waals surface area (Å²) in [7, 11) is 1.64. The maximum absolute atomic E-state index is 13.1. The number of halogens is 2. The SMILES string of the molecule is COc1ccc(Br)cc1CC(N)c1ccc(F)cc1C. The topological polar surface area (TPSA) is 35.2 Å². The van der Waals surface area contributed by atoms with Gasteiger partial charge in [0.25, 0.3) is 0 Å². The monoisotopic (exact) mass is 337 g/mol. The minimum atomic E-state index is -0.238. The van der Waals surface area contributed by atoms with Crippen LogP contribution in [0.5, 0.6) is 5.75 Å². The van der Waals surface area contributed by atoms with Crippen LogP contribution >= 0.6 is 15.9 Å². The van der Waals surface area contributed by atoms with Crippen molar-refractivity contribution in [2.45, 2.75) is 19.4 Å². The molecular formula is C16H17BrFNO. The molecule has 0 fully saturated rings. The van der Waals surface area contributed by atoms with Crippen LogP contribution in [0.2, 0.25) is 0 Å². The molecule has 2 N–H and O–H groups in total. The first-order chi connectivity index (χ1) is 9.51. The molecule has 2 aromatic carbocycles. The summed E-state index contributed by atoms with van der Waals surface area (Å²) in [6.45, 7) is 1.87. The maximum Gasteiger partial charge on any atom is 0.123 e. The zero-order chi connectivity index (χ0) is 14.7. The van der Waals surface area contributed by atoms with Crippen LogP contribution in [-0.4, -0.2) is 7.11 Å². The number of methoxy groups -OCH3 is 1. The van der Waals surface area contributed by atoms with E-state index < -0.39 is 0 Å². The van der Waals surface area contributed by atoms with E-state index in [0.29, 0.717) is 6.42 Å². The second-order valence-corrected chi connectivity index (χ2v) is 5.68. The molecule has 0 aromatic heterocycles. The number of aryl methyl sites for hydroxylation is 1. The van der Waals surface area contributed by atoms with Crippen LogP contribution < -0.4 is 10.5 Å². The molecule has 106 valence electrons. The van der Waals surface area contributed by atoms with Crippen molar-refractivity contribution in [2.75, 3.05) is 7.11 Å². The van der Waals surface area contributed by atoms with E-state index in [1.54, 1.807) is 13.2 Å². The van der Waals surface area contributed by atoms with Crippen LogP contribution in [0.25, 0.3) is 0 Å². The molecule has 0 heterocycles. The lowest BCUT2D eigenvalue weighted by molar-refractivity contribution is 0.408. The number of nitrogens with two attached hydrogens (primary N) is 1. The Kier molecular flexibility index (Phi) is 4.78. The van der Waals surface area contributed by atoms with E-state index >= 15 is 0 Å². The number of ether oxygens (including phenoxy) is 1. The Hall–Kier alpha value is -1.39. The van der Waals surface area contributed by atoms with Crippen molar-refractivity contribution < 1.29 is 9.13 Å². The van der Waals surface area contributed by atoms with E-state index in [1.807, 2.05) is 25.1 Å². The summed E-state index contributed by atoms with van der Waals surface area (Å²) < 4.78 is 19.5. The third kappa shape index (κ3) is 3.38. The number of hydrogen-bond donors (Lipinski definition) is 1. The Balaban J connectivity index is 2.27. The Morgan fingerprint density at radius 3 is 2.65 bits per heavy atom. The maximum atomic E-state index is 13.1. The van der Waals surface area contributed by atoms with Gasteiger partial charge in [0.1, 0.15) is 11.6 Å². The van der Waals surface area contributed by atoms with Gasteiger partial charge in [-0.3, -0.25) is 0 Å². The minimum Gasteiger partial charge on any atom is -0.496 e. The predicted molar refractivity (Wildman–Crippen MR) is 82.5 cm³/mol. The normalized spacial score (nSPS) is 12.2. The molecule has 1 unspecified atom stereocenters. The molecule has 1 atom stereocenters. The highest BCUT2D eigenvalue weighted by atomic mass is 79.9. The highest BCUT2D eigenvalue weighted by Crippen LogP contribution is 2.28. The molecule has 0 aliphatic carbocycles. The summed E-state index contributed by atoms with van der Waals surface area (Å²) in [6.07, 6.45) is 0.634. The predicted octanol–water partition coefficient (Wildman–Crippen LogP) is 4.15. The van der Waals surface area contributed by atoms with Gasteiger partial charge < -0.3 is 10.5 Å². The summed E-state index contributed by atoms with van der Waals surface area (Å²) in [5.41, 5.74) is 9.10. The summed E-state index contributed by atoms with van der Waals surface area (Å²) in [4.78, 5) is 0. The Labute approximate surface area is 126 Å². The first-order valence-electron chi connectivity index (χ1n) is 6.35. The van der Waals surface area contributed by atoms with Crippen molar-refractivity contribution >= 4 is 15.9 Å². The molecule has 4 heteroatoms. The molecule has 20 heavy (non-hydrogen) atoms. The lowest BCUT2D eigenvalue weighted by Gasteiger charge is -2.17. The standard InChI is InChI=1S/C16H17BrFNO/c1-10-7-13(18)4-5-14(10)15(19)9-11-8-12(17)3-6-16(11)20-2/h3-8,15H,9,19H2,1-2H3. The molecule has 0 amide bonds. The fourth-order valence-electron chi connectivity index (χ4n) is 2.31. The Morgan fingerprint density at radius 1 is 1.25 bits per heavy atom. The molecule has 0 saturated carbocycles. The zero-order valence-electron chi connectivity index (χ0n) is 11.5. The highest BCUT2D eigenvalue weighted by Gasteiger charge is 2.13. The molecule has 0 spiro atoms. The number of benzene rings is 2. The quantitative estimate of drug-likeness (QED) is 0.909. The van der Waals surface area contributed by atoms with Crippen molar-refractivity contribution in [3.8, 4) is 5.75 Å². The highest BCUT2D eigenvalue weighted by molar-refractivity contribution is 9.10. The molecule has 0 aliphatic heterocycles. The van der Waals surface area contributed by atoms with Crippen LogP contribution in [0.1, 0.15) is 22.7 Å². The van der Waals surface area contributed by atoms with Gasteiger partial charge in [-0.05, 0) is 60.4 Å². The first kappa shape index (κ1) is 15.0. The Bertz CT molecular complexity index is 615. The van der Waals surface area contributed by atoms with Crippen molar-refractivity contribution in [2.24, 2.45) is 5.73 Å². The number of rotatable bonds is 4. The van der Waals surface area contributed by atoms with Gasteiger partial charge in [0, 0.05) is 10.5 Å². The molecule has 2 rings (SSSR count). The molecule has 0 radical (unpaired) electrons. The zero-order valence-corrected chi connectivity index (χ0v) is 13.1. The largest absolute Gasteiger partial charge is 0.496 e. The van der Waals surface area contributed by atoms with Crippen LogP contribution in [0.3, 0.4) is 0 Å². The van der Waals surface area contributed by atoms with Crippen LogP contribution in [-0.2, 0) is 6.42 Å². The first-order valence-corrected chi connectivity index (χ1v) is 7.14. The van der Waals surface area contributed by atoms with E-state index in [4.69, 9.17) is 10.5 Å². The summed E-state index contributed by atoms with van der Waals surface area (Å²) >= 11 is 3.45.